The van der Waals surface area contributed by atoms with Crippen LogP contribution in [0.3, 0.4) is 0 Å². The highest BCUT2D eigenvalue weighted by Gasteiger charge is 2.51. The molecular weight excluding hydrogens is 318 g/mol. The van der Waals surface area contributed by atoms with E-state index in [1.54, 1.807) is 0 Å². The summed E-state index contributed by atoms with van der Waals surface area (Å²) in [6.07, 6.45) is 9.80. The largest absolute Gasteiger partial charge is 0.346 e. The molecule has 26 heavy (non-hydrogen) atoms. The lowest BCUT2D eigenvalue weighted by Crippen LogP contribution is -2.57. The van der Waals surface area contributed by atoms with E-state index in [9.17, 15) is 0 Å². The molecule has 5 aliphatic heterocycles. The highest BCUT2D eigenvalue weighted by molar-refractivity contribution is 5.98. The lowest BCUT2D eigenvalue weighted by Gasteiger charge is -2.56. The maximum absolute atomic E-state index is 5.10. The number of benzene rings is 1. The van der Waals surface area contributed by atoms with Crippen LogP contribution in [-0.2, 0) is 0 Å². The topological polar surface area (TPSA) is 21.1 Å². The van der Waals surface area contributed by atoms with Crippen molar-refractivity contribution in [3.8, 4) is 11.3 Å². The Morgan fingerprint density at radius 3 is 3.00 bits per heavy atom. The highest BCUT2D eigenvalue weighted by Crippen LogP contribution is 2.55. The summed E-state index contributed by atoms with van der Waals surface area (Å²) in [6.45, 7) is 6.27. The average Bonchev–Trinajstić information content (AvgIpc) is 3.08. The number of rotatable bonds is 2. The van der Waals surface area contributed by atoms with Crippen LogP contribution in [0.4, 0.5) is 0 Å². The van der Waals surface area contributed by atoms with Crippen molar-refractivity contribution in [3.63, 3.8) is 0 Å². The van der Waals surface area contributed by atoms with Crippen molar-refractivity contribution in [1.82, 2.24) is 14.5 Å². The zero-order chi connectivity index (χ0) is 17.3. The van der Waals surface area contributed by atoms with Gasteiger partial charge in [-0.25, -0.2) is 4.98 Å². The molecule has 0 N–H and O–H groups in total. The Morgan fingerprint density at radius 1 is 1.15 bits per heavy atom. The summed E-state index contributed by atoms with van der Waals surface area (Å²) in [5, 5.41) is 1.30. The van der Waals surface area contributed by atoms with Crippen LogP contribution in [0.5, 0.6) is 0 Å². The third-order valence-electron chi connectivity index (χ3n) is 7.20. The van der Waals surface area contributed by atoms with E-state index in [2.05, 4.69) is 58.7 Å². The lowest BCUT2D eigenvalue weighted by atomic mass is 9.64. The highest BCUT2D eigenvalue weighted by atomic mass is 15.2. The van der Waals surface area contributed by atoms with E-state index in [0.29, 0.717) is 18.0 Å². The number of hydrogen-bond donors (Lipinski definition) is 0. The van der Waals surface area contributed by atoms with Crippen molar-refractivity contribution in [2.45, 2.75) is 43.7 Å². The SMILES string of the molecule is C=CCN1CCCC2C1C1CCC2n2ccc3c4ccccc4nc-3c21. The summed E-state index contributed by atoms with van der Waals surface area (Å²) in [7, 11) is 0. The molecule has 2 fully saturated rings. The van der Waals surface area contributed by atoms with Crippen LogP contribution in [0.25, 0.3) is 22.2 Å². The van der Waals surface area contributed by atoms with E-state index in [1.807, 2.05) is 0 Å². The van der Waals surface area contributed by atoms with Crippen LogP contribution >= 0.6 is 0 Å². The first kappa shape index (κ1) is 15.0. The van der Waals surface area contributed by atoms with E-state index < -0.39 is 0 Å². The van der Waals surface area contributed by atoms with Gasteiger partial charge in [-0.05, 0) is 50.3 Å². The summed E-state index contributed by atoms with van der Waals surface area (Å²) in [6, 6.07) is 12.2. The minimum Gasteiger partial charge on any atom is -0.346 e. The van der Waals surface area contributed by atoms with Crippen molar-refractivity contribution < 1.29 is 0 Å². The number of piperidine rings is 1. The van der Waals surface area contributed by atoms with Crippen molar-refractivity contribution >= 4 is 10.9 Å². The summed E-state index contributed by atoms with van der Waals surface area (Å²) in [5.74, 6) is 1.40. The maximum Gasteiger partial charge on any atom is 0.0914 e. The van der Waals surface area contributed by atoms with Crippen LogP contribution in [0.15, 0.2) is 49.2 Å². The monoisotopic (exact) mass is 343 g/mol. The maximum atomic E-state index is 5.10. The molecule has 1 aromatic carbocycles. The van der Waals surface area contributed by atoms with Crippen molar-refractivity contribution in [1.29, 1.82) is 0 Å². The molecule has 132 valence electrons. The number of nitrogens with zero attached hydrogens (tertiary/aromatic N) is 3. The van der Waals surface area contributed by atoms with Gasteiger partial charge in [-0.3, -0.25) is 4.90 Å². The molecule has 3 nitrogen and oxygen atoms in total. The molecule has 2 bridgehead atoms. The van der Waals surface area contributed by atoms with E-state index in [0.717, 1.165) is 18.0 Å². The minimum absolute atomic E-state index is 0.610. The van der Waals surface area contributed by atoms with Gasteiger partial charge < -0.3 is 4.57 Å². The molecule has 5 heterocycles. The molecule has 0 aromatic heterocycles. The first-order valence-electron chi connectivity index (χ1n) is 10.1. The number of likely N-dealkylation sites (tertiary alicyclic amines) is 1. The molecule has 1 saturated heterocycles. The normalized spacial score (nSPS) is 30.5. The van der Waals surface area contributed by atoms with Gasteiger partial charge in [-0.1, -0.05) is 24.3 Å². The quantitative estimate of drug-likeness (QED) is 0.621. The van der Waals surface area contributed by atoms with Gasteiger partial charge in [0, 0.05) is 47.4 Å². The van der Waals surface area contributed by atoms with Gasteiger partial charge >= 0.3 is 0 Å². The van der Waals surface area contributed by atoms with Gasteiger partial charge in [0.1, 0.15) is 0 Å². The molecule has 3 heteroatoms. The number of para-hydroxylation sites is 1. The fourth-order valence-electron chi connectivity index (χ4n) is 6.34. The molecule has 1 aliphatic carbocycles. The predicted molar refractivity (Wildman–Crippen MR) is 106 cm³/mol. The van der Waals surface area contributed by atoms with Crippen LogP contribution in [-0.4, -0.2) is 33.6 Å². The van der Waals surface area contributed by atoms with Gasteiger partial charge in [0.2, 0.25) is 0 Å². The zero-order valence-corrected chi connectivity index (χ0v) is 15.1. The Bertz CT molecular complexity index is 971. The number of aromatic nitrogens is 2. The standard InChI is InChI=1S/C23H25N3/c1-2-12-25-13-5-7-17-20-10-9-18(22(17)25)23-21-16(11-14-26(20)23)15-6-3-4-8-19(15)24-21/h2-4,6,8,11,14,17-18,20,22H,1,5,7,9-10,12-13H2. The molecule has 1 saturated carbocycles. The average molecular weight is 343 g/mol. The summed E-state index contributed by atoms with van der Waals surface area (Å²) in [5.41, 5.74) is 5.24. The predicted octanol–water partition coefficient (Wildman–Crippen LogP) is 4.84. The molecule has 0 amide bonds. The van der Waals surface area contributed by atoms with Crippen LogP contribution in [0.2, 0.25) is 0 Å². The van der Waals surface area contributed by atoms with Crippen LogP contribution < -0.4 is 0 Å². The Hall–Kier alpha value is -2.13. The smallest absolute Gasteiger partial charge is 0.0914 e. The second kappa shape index (κ2) is 5.43. The minimum atomic E-state index is 0.610. The van der Waals surface area contributed by atoms with Crippen LogP contribution in [0, 0.1) is 5.92 Å². The number of fused-ring (bicyclic) bond motifs is 4. The summed E-state index contributed by atoms with van der Waals surface area (Å²) < 4.78 is 2.61. The molecule has 7 rings (SSSR count). The van der Waals surface area contributed by atoms with Crippen LogP contribution in [0.1, 0.15) is 43.3 Å². The Kier molecular flexibility index (Phi) is 3.13. The van der Waals surface area contributed by atoms with E-state index in [-0.39, 0.29) is 0 Å². The fourth-order valence-corrected chi connectivity index (χ4v) is 6.34. The zero-order valence-electron chi connectivity index (χ0n) is 15.1. The summed E-state index contributed by atoms with van der Waals surface area (Å²) >= 11 is 0. The first-order chi connectivity index (χ1) is 12.9. The first-order valence-corrected chi connectivity index (χ1v) is 10.1. The lowest BCUT2D eigenvalue weighted by molar-refractivity contribution is -0.00231. The summed E-state index contributed by atoms with van der Waals surface area (Å²) in [4.78, 5) is 7.81. The molecule has 0 radical (unpaired) electrons. The van der Waals surface area contributed by atoms with Gasteiger partial charge in [0.05, 0.1) is 11.2 Å². The Morgan fingerprint density at radius 2 is 2.08 bits per heavy atom. The number of pyridine rings is 1. The second-order valence-corrected chi connectivity index (χ2v) is 8.33. The second-order valence-electron chi connectivity index (χ2n) is 8.33. The van der Waals surface area contributed by atoms with Crippen molar-refractivity contribution in [2.75, 3.05) is 13.1 Å². The molecule has 1 aromatic rings. The molecule has 4 unspecified atom stereocenters. The number of hydrogen-bond acceptors (Lipinski definition) is 2. The third-order valence-corrected chi connectivity index (χ3v) is 7.20. The van der Waals surface area contributed by atoms with Gasteiger partial charge in [-0.15, -0.1) is 6.58 Å². The van der Waals surface area contributed by atoms with Crippen molar-refractivity contribution in [3.05, 3.63) is 54.9 Å². The van der Waals surface area contributed by atoms with E-state index in [4.69, 9.17) is 4.98 Å². The molecule has 0 spiro atoms. The molecule has 4 atom stereocenters. The molecule has 6 aliphatic rings. The van der Waals surface area contributed by atoms with Gasteiger partial charge in [0.25, 0.3) is 0 Å². The van der Waals surface area contributed by atoms with E-state index >= 15 is 0 Å². The molecular formula is C23H25N3. The van der Waals surface area contributed by atoms with E-state index in [1.165, 1.54) is 54.6 Å². The fraction of sp³-hybridized carbons (Fsp3) is 0.435. The Balaban J connectivity index is 1.58. The van der Waals surface area contributed by atoms with Gasteiger partial charge in [-0.2, -0.15) is 0 Å². The van der Waals surface area contributed by atoms with Crippen molar-refractivity contribution in [2.24, 2.45) is 5.92 Å². The third kappa shape index (κ3) is 1.84. The Labute approximate surface area is 154 Å². The van der Waals surface area contributed by atoms with Gasteiger partial charge in [0.15, 0.2) is 0 Å².